The lowest BCUT2D eigenvalue weighted by Gasteiger charge is -2.00. The van der Waals surface area contributed by atoms with Crippen LogP contribution in [-0.2, 0) is 6.42 Å². The van der Waals surface area contributed by atoms with E-state index in [1.54, 1.807) is 0 Å². The SMILES string of the molecule is [CH2]CCCCCCCc1ccncc1. The van der Waals surface area contributed by atoms with E-state index in [2.05, 4.69) is 24.0 Å². The van der Waals surface area contributed by atoms with Crippen molar-refractivity contribution in [2.24, 2.45) is 0 Å². The summed E-state index contributed by atoms with van der Waals surface area (Å²) in [7, 11) is 0. The van der Waals surface area contributed by atoms with Crippen molar-refractivity contribution in [1.82, 2.24) is 4.98 Å². The Hall–Kier alpha value is -0.850. The zero-order valence-electron chi connectivity index (χ0n) is 8.91. The minimum Gasteiger partial charge on any atom is -0.265 e. The largest absolute Gasteiger partial charge is 0.265 e. The van der Waals surface area contributed by atoms with Crippen LogP contribution < -0.4 is 0 Å². The predicted octanol–water partition coefficient (Wildman–Crippen LogP) is 3.80. The number of aromatic nitrogens is 1. The van der Waals surface area contributed by atoms with E-state index in [0.717, 1.165) is 6.42 Å². The standard InChI is InChI=1S/C13H20N/c1-2-3-4-5-6-7-8-13-9-11-14-12-10-13/h9-12H,1-8H2. The number of nitrogens with zero attached hydrogens (tertiary/aromatic N) is 1. The lowest BCUT2D eigenvalue weighted by atomic mass is 10.1. The molecular weight excluding hydrogens is 170 g/mol. The summed E-state index contributed by atoms with van der Waals surface area (Å²) in [6, 6.07) is 4.21. The van der Waals surface area contributed by atoms with Crippen LogP contribution in [0.5, 0.6) is 0 Å². The Kier molecular flexibility index (Phi) is 6.05. The van der Waals surface area contributed by atoms with Gasteiger partial charge >= 0.3 is 0 Å². The highest BCUT2D eigenvalue weighted by atomic mass is 14.6. The van der Waals surface area contributed by atoms with Gasteiger partial charge in [-0.3, -0.25) is 4.98 Å². The zero-order chi connectivity index (χ0) is 10.1. The first-order valence-corrected chi connectivity index (χ1v) is 5.61. The molecule has 1 nitrogen and oxygen atoms in total. The van der Waals surface area contributed by atoms with Crippen LogP contribution in [0.2, 0.25) is 0 Å². The lowest BCUT2D eigenvalue weighted by Crippen LogP contribution is -1.86. The fourth-order valence-electron chi connectivity index (χ4n) is 1.59. The maximum absolute atomic E-state index is 4.01. The third-order valence-electron chi connectivity index (χ3n) is 2.46. The average Bonchev–Trinajstić information content (AvgIpc) is 2.25. The molecule has 0 N–H and O–H groups in total. The van der Waals surface area contributed by atoms with Crippen LogP contribution in [0.15, 0.2) is 24.5 Å². The van der Waals surface area contributed by atoms with Crippen LogP contribution in [0.3, 0.4) is 0 Å². The minimum absolute atomic E-state index is 1.09. The zero-order valence-corrected chi connectivity index (χ0v) is 8.91. The van der Waals surface area contributed by atoms with Gasteiger partial charge in [0, 0.05) is 12.4 Å². The summed E-state index contributed by atoms with van der Waals surface area (Å²) in [6.07, 6.45) is 12.7. The van der Waals surface area contributed by atoms with Gasteiger partial charge in [-0.1, -0.05) is 39.0 Å². The summed E-state index contributed by atoms with van der Waals surface area (Å²) in [4.78, 5) is 4.01. The Balaban J connectivity index is 1.99. The summed E-state index contributed by atoms with van der Waals surface area (Å²) in [5, 5.41) is 0. The molecule has 0 fully saturated rings. The van der Waals surface area contributed by atoms with Crippen molar-refractivity contribution in [1.29, 1.82) is 0 Å². The molecule has 0 aliphatic heterocycles. The summed E-state index contributed by atoms with van der Waals surface area (Å²) >= 11 is 0. The maximum atomic E-state index is 4.01. The molecule has 77 valence electrons. The normalized spacial score (nSPS) is 10.4. The first-order chi connectivity index (χ1) is 6.93. The van der Waals surface area contributed by atoms with Crippen molar-refractivity contribution in [2.75, 3.05) is 0 Å². The Bertz CT molecular complexity index is 218. The van der Waals surface area contributed by atoms with Gasteiger partial charge in [-0.05, 0) is 30.5 Å². The van der Waals surface area contributed by atoms with Crippen LogP contribution in [0.1, 0.15) is 44.1 Å². The first-order valence-electron chi connectivity index (χ1n) is 5.61. The van der Waals surface area contributed by atoms with Crippen LogP contribution in [-0.4, -0.2) is 4.98 Å². The Labute approximate surface area is 87.6 Å². The molecule has 0 saturated carbocycles. The second-order valence-corrected chi connectivity index (χ2v) is 3.73. The minimum atomic E-state index is 1.09. The molecule has 1 radical (unpaired) electrons. The molecule has 1 heteroatoms. The quantitative estimate of drug-likeness (QED) is 0.596. The van der Waals surface area contributed by atoms with Crippen molar-refractivity contribution in [3.05, 3.63) is 37.0 Å². The second-order valence-electron chi connectivity index (χ2n) is 3.73. The molecule has 1 aromatic heterocycles. The number of hydrogen-bond acceptors (Lipinski definition) is 1. The highest BCUT2D eigenvalue weighted by molar-refractivity contribution is 5.09. The number of hydrogen-bond donors (Lipinski definition) is 0. The van der Waals surface area contributed by atoms with Crippen LogP contribution in [0, 0.1) is 6.92 Å². The molecule has 1 aromatic rings. The summed E-state index contributed by atoms with van der Waals surface area (Å²) < 4.78 is 0. The van der Waals surface area contributed by atoms with E-state index in [0.29, 0.717) is 0 Å². The Morgan fingerprint density at radius 1 is 0.929 bits per heavy atom. The second kappa shape index (κ2) is 7.54. The molecule has 0 aromatic carbocycles. The van der Waals surface area contributed by atoms with E-state index in [1.165, 1.54) is 44.1 Å². The van der Waals surface area contributed by atoms with Gasteiger partial charge in [0.05, 0.1) is 0 Å². The molecular formula is C13H20N. The van der Waals surface area contributed by atoms with E-state index >= 15 is 0 Å². The van der Waals surface area contributed by atoms with Gasteiger partial charge in [-0.15, -0.1) is 0 Å². The molecule has 0 atom stereocenters. The van der Waals surface area contributed by atoms with E-state index in [-0.39, 0.29) is 0 Å². The smallest absolute Gasteiger partial charge is 0.0270 e. The number of pyridine rings is 1. The number of unbranched alkanes of at least 4 members (excludes halogenated alkanes) is 5. The molecule has 1 rings (SSSR count). The molecule has 0 amide bonds. The van der Waals surface area contributed by atoms with Gasteiger partial charge in [-0.25, -0.2) is 0 Å². The summed E-state index contributed by atoms with van der Waals surface area (Å²) in [5.41, 5.74) is 1.41. The Morgan fingerprint density at radius 3 is 2.29 bits per heavy atom. The molecule has 0 unspecified atom stereocenters. The van der Waals surface area contributed by atoms with Gasteiger partial charge in [0.2, 0.25) is 0 Å². The average molecular weight is 190 g/mol. The molecule has 0 aliphatic carbocycles. The van der Waals surface area contributed by atoms with Crippen LogP contribution in [0.4, 0.5) is 0 Å². The Morgan fingerprint density at radius 2 is 1.57 bits per heavy atom. The van der Waals surface area contributed by atoms with Gasteiger partial charge in [0.15, 0.2) is 0 Å². The highest BCUT2D eigenvalue weighted by Gasteiger charge is 1.92. The molecule has 0 spiro atoms. The van der Waals surface area contributed by atoms with E-state index in [9.17, 15) is 0 Å². The monoisotopic (exact) mass is 190 g/mol. The molecule has 1 heterocycles. The van der Waals surface area contributed by atoms with Crippen molar-refractivity contribution in [2.45, 2.75) is 44.9 Å². The fraction of sp³-hybridized carbons (Fsp3) is 0.538. The third kappa shape index (κ3) is 5.00. The van der Waals surface area contributed by atoms with Crippen molar-refractivity contribution < 1.29 is 0 Å². The fourth-order valence-corrected chi connectivity index (χ4v) is 1.59. The lowest BCUT2D eigenvalue weighted by molar-refractivity contribution is 0.617. The van der Waals surface area contributed by atoms with Crippen molar-refractivity contribution >= 4 is 0 Å². The van der Waals surface area contributed by atoms with Gasteiger partial charge < -0.3 is 0 Å². The topological polar surface area (TPSA) is 12.9 Å². The van der Waals surface area contributed by atoms with Crippen molar-refractivity contribution in [3.63, 3.8) is 0 Å². The summed E-state index contributed by atoms with van der Waals surface area (Å²) in [5.74, 6) is 0. The molecule has 0 bridgehead atoms. The molecule has 14 heavy (non-hydrogen) atoms. The first kappa shape index (κ1) is 11.2. The van der Waals surface area contributed by atoms with Crippen molar-refractivity contribution in [3.8, 4) is 0 Å². The molecule has 0 aliphatic rings. The van der Waals surface area contributed by atoms with Gasteiger partial charge in [0.25, 0.3) is 0 Å². The van der Waals surface area contributed by atoms with Crippen LogP contribution >= 0.6 is 0 Å². The number of rotatable bonds is 7. The third-order valence-corrected chi connectivity index (χ3v) is 2.46. The van der Waals surface area contributed by atoms with E-state index in [1.807, 2.05) is 12.4 Å². The van der Waals surface area contributed by atoms with E-state index in [4.69, 9.17) is 0 Å². The van der Waals surface area contributed by atoms with Gasteiger partial charge in [0.1, 0.15) is 0 Å². The van der Waals surface area contributed by atoms with Gasteiger partial charge in [-0.2, -0.15) is 0 Å². The number of aryl methyl sites for hydroxylation is 1. The predicted molar refractivity (Wildman–Crippen MR) is 61.0 cm³/mol. The highest BCUT2D eigenvalue weighted by Crippen LogP contribution is 2.08. The maximum Gasteiger partial charge on any atom is 0.0270 e. The van der Waals surface area contributed by atoms with E-state index < -0.39 is 0 Å². The molecule has 0 saturated heterocycles. The van der Waals surface area contributed by atoms with Crippen LogP contribution in [0.25, 0.3) is 0 Å². The summed E-state index contributed by atoms with van der Waals surface area (Å²) in [6.45, 7) is 3.84.